The highest BCUT2D eigenvalue weighted by molar-refractivity contribution is 5.09. The van der Waals surface area contributed by atoms with Gasteiger partial charge in [-0.3, -0.25) is 0 Å². The van der Waals surface area contributed by atoms with Crippen molar-refractivity contribution < 1.29 is 4.86 Å². The summed E-state index contributed by atoms with van der Waals surface area (Å²) < 4.78 is 0. The predicted molar refractivity (Wildman–Crippen MR) is 66.9 cm³/mol. The molecule has 3 aliphatic rings. The number of hydroxylamine groups is 1. The highest BCUT2D eigenvalue weighted by atomic mass is 16.5. The largest absolute Gasteiger partial charge is 0.599 e. The van der Waals surface area contributed by atoms with E-state index in [1.165, 1.54) is 64.2 Å². The minimum atomic E-state index is -0.0894. The van der Waals surface area contributed by atoms with Crippen LogP contribution < -0.4 is 0 Å². The first-order valence-corrected chi connectivity index (χ1v) is 7.49. The molecule has 2 fully saturated rings. The van der Waals surface area contributed by atoms with Crippen molar-refractivity contribution in [3.05, 3.63) is 5.21 Å². The summed E-state index contributed by atoms with van der Waals surface area (Å²) in [6.45, 7) is 0. The van der Waals surface area contributed by atoms with Crippen LogP contribution in [-0.4, -0.2) is 15.9 Å². The lowest BCUT2D eigenvalue weighted by Gasteiger charge is -2.48. The molecule has 0 unspecified atom stereocenters. The molecule has 1 heterocycles. The molecule has 0 atom stereocenters. The van der Waals surface area contributed by atoms with Gasteiger partial charge in [-0.25, -0.2) is 0 Å². The lowest BCUT2D eigenvalue weighted by atomic mass is 9.66. The van der Waals surface area contributed by atoms with E-state index in [2.05, 4.69) is 5.11 Å². The fourth-order valence-electron chi connectivity index (χ4n) is 4.34. The van der Waals surface area contributed by atoms with Crippen LogP contribution in [0.15, 0.2) is 5.11 Å². The van der Waals surface area contributed by atoms with E-state index < -0.39 is 0 Å². The number of hydrogen-bond acceptors (Lipinski definition) is 2. The van der Waals surface area contributed by atoms with Gasteiger partial charge in [0.2, 0.25) is 5.54 Å². The van der Waals surface area contributed by atoms with Crippen LogP contribution in [0.3, 0.4) is 0 Å². The molecule has 2 spiro atoms. The van der Waals surface area contributed by atoms with Crippen LogP contribution in [-0.2, 0) is 0 Å². The topological polar surface area (TPSA) is 38.4 Å². The normalized spacial score (nSPS) is 31.4. The molecule has 17 heavy (non-hydrogen) atoms. The summed E-state index contributed by atoms with van der Waals surface area (Å²) in [4.78, 5) is 1.11. The molecule has 96 valence electrons. The monoisotopic (exact) mass is 236 g/mol. The molecule has 2 saturated carbocycles. The molecular weight excluding hydrogens is 212 g/mol. The van der Waals surface area contributed by atoms with Crippen LogP contribution in [0.1, 0.15) is 77.0 Å². The van der Waals surface area contributed by atoms with Gasteiger partial charge in [0.05, 0.1) is 0 Å². The molecule has 3 rings (SSSR count). The van der Waals surface area contributed by atoms with Gasteiger partial charge in [-0.15, -0.1) is 0 Å². The second kappa shape index (κ2) is 4.25. The molecule has 2 aliphatic carbocycles. The first-order valence-electron chi connectivity index (χ1n) is 7.49. The predicted octanol–water partition coefficient (Wildman–Crippen LogP) is 4.15. The van der Waals surface area contributed by atoms with Gasteiger partial charge >= 0.3 is 0 Å². The lowest BCUT2D eigenvalue weighted by molar-refractivity contribution is -0.688. The van der Waals surface area contributed by atoms with Gasteiger partial charge in [0.1, 0.15) is 0 Å². The molecule has 0 aromatic heterocycles. The van der Waals surface area contributed by atoms with E-state index in [9.17, 15) is 5.21 Å². The second-order valence-electron chi connectivity index (χ2n) is 6.26. The number of rotatable bonds is 0. The van der Waals surface area contributed by atoms with Crippen molar-refractivity contribution in [3.63, 3.8) is 0 Å². The summed E-state index contributed by atoms with van der Waals surface area (Å²) in [5.74, 6) is 0. The molecule has 0 saturated heterocycles. The summed E-state index contributed by atoms with van der Waals surface area (Å²) in [5, 5.41) is 16.6. The highest BCUT2D eigenvalue weighted by Crippen LogP contribution is 2.53. The molecule has 0 amide bonds. The van der Waals surface area contributed by atoms with Crippen molar-refractivity contribution in [2.75, 3.05) is 0 Å². The Kier molecular flexibility index (Phi) is 2.87. The van der Waals surface area contributed by atoms with E-state index >= 15 is 0 Å². The SMILES string of the molecule is [O-][N+]1=NC2(CCCCCC2)C12CCCCCC2. The van der Waals surface area contributed by atoms with Crippen molar-refractivity contribution in [1.29, 1.82) is 0 Å². The summed E-state index contributed by atoms with van der Waals surface area (Å²) in [5.41, 5.74) is -0.0383. The van der Waals surface area contributed by atoms with E-state index in [1.807, 2.05) is 0 Å². The molecule has 3 nitrogen and oxygen atoms in total. The molecule has 0 aromatic rings. The summed E-state index contributed by atoms with van der Waals surface area (Å²) in [7, 11) is 0. The Morgan fingerprint density at radius 3 is 1.65 bits per heavy atom. The molecule has 0 bridgehead atoms. The maximum Gasteiger partial charge on any atom is 0.229 e. The Morgan fingerprint density at radius 1 is 0.706 bits per heavy atom. The van der Waals surface area contributed by atoms with Gasteiger partial charge in [0.25, 0.3) is 0 Å². The van der Waals surface area contributed by atoms with Crippen LogP contribution in [0.2, 0.25) is 0 Å². The maximum absolute atomic E-state index is 12.1. The third kappa shape index (κ3) is 1.61. The van der Waals surface area contributed by atoms with E-state index in [1.54, 1.807) is 0 Å². The molecule has 3 heteroatoms. The lowest BCUT2D eigenvalue weighted by Crippen LogP contribution is -2.65. The number of nitrogens with zero attached hydrogens (tertiary/aromatic N) is 2. The standard InChI is InChI=1S/C14H24N2O/c17-16-14(11-7-3-4-8-12-14)13(15-16)9-5-1-2-6-10-13/h1-12H2. The van der Waals surface area contributed by atoms with E-state index in [0.29, 0.717) is 0 Å². The fourth-order valence-corrected chi connectivity index (χ4v) is 4.34. The number of hydrogen-bond donors (Lipinski definition) is 0. The minimum Gasteiger partial charge on any atom is -0.599 e. The Morgan fingerprint density at radius 2 is 1.18 bits per heavy atom. The van der Waals surface area contributed by atoms with Gasteiger partial charge in [-0.1, -0.05) is 43.4 Å². The van der Waals surface area contributed by atoms with Gasteiger partial charge in [0.15, 0.2) is 5.54 Å². The molecular formula is C14H24N2O. The van der Waals surface area contributed by atoms with Crippen molar-refractivity contribution in [2.24, 2.45) is 5.11 Å². The minimum absolute atomic E-state index is 0.0512. The van der Waals surface area contributed by atoms with Gasteiger partial charge in [-0.05, 0) is 30.8 Å². The van der Waals surface area contributed by atoms with Gasteiger partial charge < -0.3 is 5.21 Å². The molecule has 0 radical (unpaired) electrons. The Hall–Kier alpha value is -0.600. The average molecular weight is 236 g/mol. The fraction of sp³-hybridized carbons (Fsp3) is 1.00. The van der Waals surface area contributed by atoms with Gasteiger partial charge in [-0.2, -0.15) is 0 Å². The first kappa shape index (κ1) is 11.5. The maximum atomic E-state index is 12.1. The van der Waals surface area contributed by atoms with Crippen LogP contribution in [0, 0.1) is 5.21 Å². The zero-order chi connectivity index (χ0) is 11.8. The third-order valence-electron chi connectivity index (χ3n) is 5.38. The smallest absolute Gasteiger partial charge is 0.229 e. The number of fused-ring (bicyclic) bond motifs is 1. The first-order chi connectivity index (χ1) is 8.29. The van der Waals surface area contributed by atoms with Crippen molar-refractivity contribution in [2.45, 2.75) is 88.1 Å². The van der Waals surface area contributed by atoms with E-state index in [-0.39, 0.29) is 11.1 Å². The Balaban J connectivity index is 1.88. The second-order valence-corrected chi connectivity index (χ2v) is 6.26. The quantitative estimate of drug-likeness (QED) is 0.460. The van der Waals surface area contributed by atoms with Crippen molar-refractivity contribution >= 4 is 0 Å². The number of azo groups is 1. The van der Waals surface area contributed by atoms with Crippen molar-refractivity contribution in [3.8, 4) is 0 Å². The Labute approximate surface area is 104 Å². The van der Waals surface area contributed by atoms with Crippen LogP contribution in [0.5, 0.6) is 0 Å². The average Bonchev–Trinajstić information content (AvgIpc) is 2.71. The summed E-state index contributed by atoms with van der Waals surface area (Å²) in [6, 6.07) is 0. The summed E-state index contributed by atoms with van der Waals surface area (Å²) in [6.07, 6.45) is 14.9. The third-order valence-corrected chi connectivity index (χ3v) is 5.38. The molecule has 0 N–H and O–H groups in total. The molecule has 0 aromatic carbocycles. The molecule has 1 aliphatic heterocycles. The zero-order valence-corrected chi connectivity index (χ0v) is 10.8. The van der Waals surface area contributed by atoms with Gasteiger partial charge in [0, 0.05) is 12.8 Å². The van der Waals surface area contributed by atoms with Crippen molar-refractivity contribution in [1.82, 2.24) is 0 Å². The van der Waals surface area contributed by atoms with Crippen LogP contribution in [0.25, 0.3) is 0 Å². The van der Waals surface area contributed by atoms with Crippen LogP contribution >= 0.6 is 0 Å². The van der Waals surface area contributed by atoms with E-state index in [0.717, 1.165) is 17.7 Å². The highest BCUT2D eigenvalue weighted by Gasteiger charge is 2.67. The summed E-state index contributed by atoms with van der Waals surface area (Å²) >= 11 is 0. The van der Waals surface area contributed by atoms with E-state index in [4.69, 9.17) is 0 Å². The zero-order valence-electron chi connectivity index (χ0n) is 10.8. The Bertz CT molecular complexity index is 308. The van der Waals surface area contributed by atoms with Crippen LogP contribution in [0.4, 0.5) is 0 Å².